The number of rotatable bonds is 1. The average Bonchev–Trinajstić information content (AvgIpc) is 2.65. The van der Waals surface area contributed by atoms with Gasteiger partial charge in [0.15, 0.2) is 5.65 Å². The van der Waals surface area contributed by atoms with E-state index in [2.05, 4.69) is 22.1 Å². The highest BCUT2D eigenvalue weighted by Gasteiger charge is 2.23. The molecule has 0 saturated carbocycles. The normalized spacial score (nSPS) is 13.4. The third-order valence-electron chi connectivity index (χ3n) is 4.29. The lowest BCUT2D eigenvalue weighted by molar-refractivity contribution is 0.0733. The fourth-order valence-corrected chi connectivity index (χ4v) is 3.01. The first-order valence-corrected chi connectivity index (χ1v) is 7.77. The van der Waals surface area contributed by atoms with Gasteiger partial charge in [-0.1, -0.05) is 0 Å². The van der Waals surface area contributed by atoms with Gasteiger partial charge in [-0.15, -0.1) is 0 Å². The molecule has 3 aromatic rings. The summed E-state index contributed by atoms with van der Waals surface area (Å²) < 4.78 is 0. The molecule has 0 radical (unpaired) electrons. The van der Waals surface area contributed by atoms with Crippen LogP contribution >= 0.6 is 0 Å². The summed E-state index contributed by atoms with van der Waals surface area (Å²) in [5.74, 6) is -0.0172. The molecular formula is C19H14N4O. The van der Waals surface area contributed by atoms with E-state index in [4.69, 9.17) is 5.26 Å². The molecule has 0 saturated heterocycles. The van der Waals surface area contributed by atoms with E-state index in [1.807, 2.05) is 17.0 Å². The Morgan fingerprint density at radius 2 is 2.04 bits per heavy atom. The fourth-order valence-electron chi connectivity index (χ4n) is 3.01. The lowest BCUT2D eigenvalue weighted by Gasteiger charge is -2.28. The SMILES string of the molecule is N#Cc1ccc(C(=O)N2CCc3nc4ncccc4cc3C2)cc1. The minimum atomic E-state index is -0.0172. The summed E-state index contributed by atoms with van der Waals surface area (Å²) in [6.45, 7) is 1.18. The second-order valence-electron chi connectivity index (χ2n) is 5.81. The lowest BCUT2D eigenvalue weighted by Crippen LogP contribution is -2.36. The van der Waals surface area contributed by atoms with E-state index in [-0.39, 0.29) is 5.91 Å². The van der Waals surface area contributed by atoms with Crippen molar-refractivity contribution in [2.24, 2.45) is 0 Å². The summed E-state index contributed by atoms with van der Waals surface area (Å²) in [6, 6.07) is 14.8. The molecule has 0 aliphatic carbocycles. The molecule has 24 heavy (non-hydrogen) atoms. The zero-order chi connectivity index (χ0) is 16.5. The second-order valence-corrected chi connectivity index (χ2v) is 5.81. The zero-order valence-corrected chi connectivity index (χ0v) is 12.9. The van der Waals surface area contributed by atoms with E-state index in [9.17, 15) is 4.79 Å². The van der Waals surface area contributed by atoms with Crippen molar-refractivity contribution in [1.82, 2.24) is 14.9 Å². The lowest BCUT2D eigenvalue weighted by atomic mass is 10.0. The summed E-state index contributed by atoms with van der Waals surface area (Å²) in [5.41, 5.74) is 4.00. The first-order chi connectivity index (χ1) is 11.7. The van der Waals surface area contributed by atoms with Gasteiger partial charge in [0.05, 0.1) is 11.6 Å². The monoisotopic (exact) mass is 314 g/mol. The molecule has 5 heteroatoms. The van der Waals surface area contributed by atoms with Crippen LogP contribution in [0.15, 0.2) is 48.7 Å². The summed E-state index contributed by atoms with van der Waals surface area (Å²) in [6.07, 6.45) is 2.47. The maximum absolute atomic E-state index is 12.7. The Bertz CT molecular complexity index is 973. The Balaban J connectivity index is 1.62. The van der Waals surface area contributed by atoms with Gasteiger partial charge in [-0.05, 0) is 48.0 Å². The van der Waals surface area contributed by atoms with Crippen LogP contribution in [0.25, 0.3) is 11.0 Å². The number of aromatic nitrogens is 2. The van der Waals surface area contributed by atoms with E-state index in [0.29, 0.717) is 24.2 Å². The van der Waals surface area contributed by atoms with Gasteiger partial charge in [0, 0.05) is 42.4 Å². The van der Waals surface area contributed by atoms with E-state index < -0.39 is 0 Å². The molecule has 2 aromatic heterocycles. The van der Waals surface area contributed by atoms with Crippen LogP contribution in [0.5, 0.6) is 0 Å². The van der Waals surface area contributed by atoms with Crippen molar-refractivity contribution in [2.75, 3.05) is 6.54 Å². The van der Waals surface area contributed by atoms with Crippen LogP contribution in [-0.2, 0) is 13.0 Å². The molecule has 0 N–H and O–H groups in total. The van der Waals surface area contributed by atoms with Gasteiger partial charge >= 0.3 is 0 Å². The van der Waals surface area contributed by atoms with Crippen molar-refractivity contribution in [3.63, 3.8) is 0 Å². The van der Waals surface area contributed by atoms with E-state index in [1.54, 1.807) is 30.5 Å². The molecule has 0 bridgehead atoms. The van der Waals surface area contributed by atoms with Crippen LogP contribution in [0.4, 0.5) is 0 Å². The van der Waals surface area contributed by atoms with Gasteiger partial charge < -0.3 is 4.90 Å². The number of amides is 1. The summed E-state index contributed by atoms with van der Waals surface area (Å²) in [4.78, 5) is 23.4. The number of pyridine rings is 2. The van der Waals surface area contributed by atoms with Crippen LogP contribution in [0.3, 0.4) is 0 Å². The predicted molar refractivity (Wildman–Crippen MR) is 89.1 cm³/mol. The number of carbonyl (C=O) groups is 1. The van der Waals surface area contributed by atoms with Gasteiger partial charge in [-0.3, -0.25) is 4.79 Å². The third-order valence-corrected chi connectivity index (χ3v) is 4.29. The molecule has 3 heterocycles. The highest BCUT2D eigenvalue weighted by atomic mass is 16.2. The summed E-state index contributed by atoms with van der Waals surface area (Å²) >= 11 is 0. The highest BCUT2D eigenvalue weighted by Crippen LogP contribution is 2.22. The van der Waals surface area contributed by atoms with Gasteiger partial charge in [-0.25, -0.2) is 9.97 Å². The van der Waals surface area contributed by atoms with E-state index in [0.717, 1.165) is 28.7 Å². The smallest absolute Gasteiger partial charge is 0.254 e. The Morgan fingerprint density at radius 3 is 2.83 bits per heavy atom. The minimum Gasteiger partial charge on any atom is -0.334 e. The molecule has 1 aliphatic heterocycles. The third kappa shape index (κ3) is 2.48. The first-order valence-electron chi connectivity index (χ1n) is 7.77. The number of nitrogens with zero attached hydrogens (tertiary/aromatic N) is 4. The number of hydrogen-bond acceptors (Lipinski definition) is 4. The van der Waals surface area contributed by atoms with Crippen LogP contribution in [0, 0.1) is 11.3 Å². The minimum absolute atomic E-state index is 0.0172. The molecule has 0 fully saturated rings. The molecule has 4 rings (SSSR count). The van der Waals surface area contributed by atoms with Crippen LogP contribution in [-0.4, -0.2) is 27.3 Å². The van der Waals surface area contributed by atoms with Crippen molar-refractivity contribution in [1.29, 1.82) is 5.26 Å². The maximum atomic E-state index is 12.7. The largest absolute Gasteiger partial charge is 0.334 e. The van der Waals surface area contributed by atoms with Crippen molar-refractivity contribution in [2.45, 2.75) is 13.0 Å². The molecule has 1 amide bonds. The molecular weight excluding hydrogens is 300 g/mol. The van der Waals surface area contributed by atoms with Crippen LogP contribution in [0.2, 0.25) is 0 Å². The van der Waals surface area contributed by atoms with E-state index >= 15 is 0 Å². The Hall–Kier alpha value is -3.26. The molecule has 0 spiro atoms. The molecule has 0 unspecified atom stereocenters. The number of hydrogen-bond donors (Lipinski definition) is 0. The number of fused-ring (bicyclic) bond motifs is 2. The zero-order valence-electron chi connectivity index (χ0n) is 12.9. The molecule has 116 valence electrons. The van der Waals surface area contributed by atoms with Crippen molar-refractivity contribution >= 4 is 16.9 Å². The van der Waals surface area contributed by atoms with E-state index in [1.165, 1.54) is 0 Å². The number of carbonyl (C=O) groups excluding carboxylic acids is 1. The average molecular weight is 314 g/mol. The van der Waals surface area contributed by atoms with Crippen molar-refractivity contribution in [3.8, 4) is 6.07 Å². The van der Waals surface area contributed by atoms with Gasteiger partial charge in [0.2, 0.25) is 0 Å². The maximum Gasteiger partial charge on any atom is 0.254 e. The second kappa shape index (κ2) is 5.74. The molecule has 1 aliphatic rings. The standard InChI is InChI=1S/C19H14N4O/c20-11-13-3-5-14(6-4-13)19(24)23-9-7-17-16(12-23)10-15-2-1-8-21-18(15)22-17/h1-6,8,10H,7,9,12H2. The Kier molecular flexibility index (Phi) is 3.43. The topological polar surface area (TPSA) is 69.9 Å². The Labute approximate surface area is 139 Å². The fraction of sp³-hybridized carbons (Fsp3) is 0.158. The first kappa shape index (κ1) is 14.3. The van der Waals surface area contributed by atoms with Crippen LogP contribution in [0.1, 0.15) is 27.2 Å². The van der Waals surface area contributed by atoms with Crippen LogP contribution < -0.4 is 0 Å². The van der Waals surface area contributed by atoms with Crippen molar-refractivity contribution in [3.05, 3.63) is 71.0 Å². The highest BCUT2D eigenvalue weighted by molar-refractivity contribution is 5.94. The van der Waals surface area contributed by atoms with Gasteiger partial charge in [-0.2, -0.15) is 5.26 Å². The van der Waals surface area contributed by atoms with Crippen molar-refractivity contribution < 1.29 is 4.79 Å². The quantitative estimate of drug-likeness (QED) is 0.692. The number of benzene rings is 1. The van der Waals surface area contributed by atoms with Gasteiger partial charge in [0.25, 0.3) is 5.91 Å². The predicted octanol–water partition coefficient (Wildman–Crippen LogP) is 2.70. The molecule has 0 atom stereocenters. The summed E-state index contributed by atoms with van der Waals surface area (Å²) in [7, 11) is 0. The van der Waals surface area contributed by atoms with Gasteiger partial charge in [0.1, 0.15) is 0 Å². The molecule has 1 aromatic carbocycles. The Morgan fingerprint density at radius 1 is 1.21 bits per heavy atom. The molecule has 5 nitrogen and oxygen atoms in total. The summed E-state index contributed by atoms with van der Waals surface area (Å²) in [5, 5.41) is 9.84. The number of nitriles is 1.